The van der Waals surface area contributed by atoms with Crippen LogP contribution in [0.15, 0.2) is 47.6 Å². The van der Waals surface area contributed by atoms with Gasteiger partial charge in [0.25, 0.3) is 0 Å². The molecule has 1 N–H and O–H groups in total. The average Bonchev–Trinajstić information content (AvgIpc) is 2.38. The molecular formula is C17H29NS. The Morgan fingerprint density at radius 3 is 2.63 bits per heavy atom. The molecular weight excluding hydrogens is 250 g/mol. The first-order chi connectivity index (χ1) is 8.99. The van der Waals surface area contributed by atoms with Crippen LogP contribution in [0.4, 0.5) is 0 Å². The van der Waals surface area contributed by atoms with Crippen LogP contribution < -0.4 is 5.32 Å². The molecule has 108 valence electrons. The lowest BCUT2D eigenvalue weighted by Crippen LogP contribution is -2.21. The number of rotatable bonds is 9. The van der Waals surface area contributed by atoms with E-state index in [1.807, 2.05) is 13.0 Å². The SMILES string of the molecule is C=C(S)NCC(CC)CC(C)/C=C/C(C)=C/C=C\C. The fourth-order valence-electron chi connectivity index (χ4n) is 1.88. The summed E-state index contributed by atoms with van der Waals surface area (Å²) in [6.07, 6.45) is 13.1. The van der Waals surface area contributed by atoms with Crippen molar-refractivity contribution in [1.29, 1.82) is 0 Å². The molecule has 0 aliphatic carbocycles. The number of allylic oxidation sites excluding steroid dienone is 6. The van der Waals surface area contributed by atoms with E-state index in [0.717, 1.165) is 11.6 Å². The molecule has 1 nitrogen and oxygen atoms in total. The zero-order valence-corrected chi connectivity index (χ0v) is 13.7. The van der Waals surface area contributed by atoms with Crippen LogP contribution in [-0.4, -0.2) is 6.54 Å². The van der Waals surface area contributed by atoms with E-state index >= 15 is 0 Å². The normalized spacial score (nSPS) is 15.9. The van der Waals surface area contributed by atoms with Crippen molar-refractivity contribution in [3.05, 3.63) is 47.6 Å². The number of thiol groups is 1. The van der Waals surface area contributed by atoms with E-state index < -0.39 is 0 Å². The number of hydrogen-bond donors (Lipinski definition) is 2. The average molecular weight is 279 g/mol. The minimum Gasteiger partial charge on any atom is -0.380 e. The van der Waals surface area contributed by atoms with Crippen molar-refractivity contribution in [2.24, 2.45) is 11.8 Å². The lowest BCUT2D eigenvalue weighted by molar-refractivity contribution is 0.411. The maximum absolute atomic E-state index is 4.17. The van der Waals surface area contributed by atoms with Gasteiger partial charge < -0.3 is 5.32 Å². The van der Waals surface area contributed by atoms with Crippen LogP contribution in [0.25, 0.3) is 0 Å². The topological polar surface area (TPSA) is 12.0 Å². The highest BCUT2D eigenvalue weighted by molar-refractivity contribution is 7.84. The molecule has 0 fully saturated rings. The summed E-state index contributed by atoms with van der Waals surface area (Å²) in [4.78, 5) is 0. The van der Waals surface area contributed by atoms with Crippen molar-refractivity contribution < 1.29 is 0 Å². The van der Waals surface area contributed by atoms with E-state index in [1.165, 1.54) is 18.4 Å². The summed E-state index contributed by atoms with van der Waals surface area (Å²) in [5, 5.41) is 3.98. The molecule has 0 aromatic carbocycles. The Labute approximate surface area is 125 Å². The monoisotopic (exact) mass is 279 g/mol. The van der Waals surface area contributed by atoms with Gasteiger partial charge in [-0.25, -0.2) is 0 Å². The van der Waals surface area contributed by atoms with Gasteiger partial charge in [-0.2, -0.15) is 0 Å². The van der Waals surface area contributed by atoms with Gasteiger partial charge in [0.15, 0.2) is 0 Å². The molecule has 0 aliphatic heterocycles. The quantitative estimate of drug-likeness (QED) is 0.441. The molecule has 0 saturated carbocycles. The third-order valence-electron chi connectivity index (χ3n) is 3.12. The Hall–Kier alpha value is -0.890. The molecule has 0 aromatic heterocycles. The van der Waals surface area contributed by atoms with E-state index in [2.05, 4.69) is 69.6 Å². The summed E-state index contributed by atoms with van der Waals surface area (Å²) >= 11 is 4.17. The Bertz CT molecular complexity index is 339. The van der Waals surface area contributed by atoms with Gasteiger partial charge in [-0.05, 0) is 32.1 Å². The molecule has 0 bridgehead atoms. The second kappa shape index (κ2) is 11.0. The summed E-state index contributed by atoms with van der Waals surface area (Å²) in [7, 11) is 0. The van der Waals surface area contributed by atoms with Gasteiger partial charge in [0.2, 0.25) is 0 Å². The van der Waals surface area contributed by atoms with Gasteiger partial charge >= 0.3 is 0 Å². The minimum atomic E-state index is 0.592. The Kier molecular flexibility index (Phi) is 10.5. The van der Waals surface area contributed by atoms with E-state index in [4.69, 9.17) is 0 Å². The van der Waals surface area contributed by atoms with Gasteiger partial charge in [0.05, 0.1) is 5.03 Å². The summed E-state index contributed by atoms with van der Waals surface area (Å²) in [6.45, 7) is 13.4. The van der Waals surface area contributed by atoms with Crippen molar-refractivity contribution in [2.75, 3.05) is 6.54 Å². The molecule has 0 aliphatic rings. The van der Waals surface area contributed by atoms with Crippen LogP contribution in [0.1, 0.15) is 40.5 Å². The van der Waals surface area contributed by atoms with Gasteiger partial charge in [-0.1, -0.05) is 62.8 Å². The Balaban J connectivity index is 4.22. The third-order valence-corrected chi connectivity index (χ3v) is 3.27. The second-order valence-electron chi connectivity index (χ2n) is 5.11. The smallest absolute Gasteiger partial charge is 0.0577 e. The predicted octanol–water partition coefficient (Wildman–Crippen LogP) is 5.11. The lowest BCUT2D eigenvalue weighted by Gasteiger charge is -2.18. The highest BCUT2D eigenvalue weighted by Gasteiger charge is 2.09. The second-order valence-corrected chi connectivity index (χ2v) is 5.65. The van der Waals surface area contributed by atoms with Crippen LogP contribution in [0.2, 0.25) is 0 Å². The molecule has 2 unspecified atom stereocenters. The van der Waals surface area contributed by atoms with Crippen LogP contribution >= 0.6 is 12.6 Å². The van der Waals surface area contributed by atoms with Gasteiger partial charge in [0.1, 0.15) is 0 Å². The largest absolute Gasteiger partial charge is 0.380 e. The summed E-state index contributed by atoms with van der Waals surface area (Å²) < 4.78 is 0. The first kappa shape index (κ1) is 18.1. The van der Waals surface area contributed by atoms with Crippen LogP contribution in [-0.2, 0) is 0 Å². The van der Waals surface area contributed by atoms with Crippen LogP contribution in [0.3, 0.4) is 0 Å². The summed E-state index contributed by atoms with van der Waals surface area (Å²) in [5.74, 6) is 1.26. The summed E-state index contributed by atoms with van der Waals surface area (Å²) in [6, 6.07) is 0. The fraction of sp³-hybridized carbons (Fsp3) is 0.529. The Morgan fingerprint density at radius 1 is 1.42 bits per heavy atom. The van der Waals surface area contributed by atoms with Gasteiger partial charge in [0, 0.05) is 6.54 Å². The molecule has 0 amide bonds. The number of hydrogen-bond acceptors (Lipinski definition) is 2. The minimum absolute atomic E-state index is 0.592. The van der Waals surface area contributed by atoms with Crippen molar-refractivity contribution in [3.8, 4) is 0 Å². The zero-order chi connectivity index (χ0) is 14.7. The molecule has 0 aromatic rings. The van der Waals surface area contributed by atoms with Gasteiger partial charge in [-0.3, -0.25) is 0 Å². The standard InChI is InChI=1S/C17H29NS/c1-6-8-9-14(3)10-11-15(4)12-17(7-2)13-18-16(5)19/h6,8-11,15,17-19H,5,7,12-13H2,1-4H3/b8-6-,11-10+,14-9+. The predicted molar refractivity (Wildman–Crippen MR) is 91.4 cm³/mol. The highest BCUT2D eigenvalue weighted by Crippen LogP contribution is 2.17. The van der Waals surface area contributed by atoms with E-state index in [0.29, 0.717) is 11.8 Å². The maximum atomic E-state index is 4.17. The molecule has 0 heterocycles. The molecule has 0 radical (unpaired) electrons. The van der Waals surface area contributed by atoms with E-state index in [9.17, 15) is 0 Å². The van der Waals surface area contributed by atoms with E-state index in [-0.39, 0.29) is 0 Å². The van der Waals surface area contributed by atoms with Gasteiger partial charge in [-0.15, -0.1) is 12.6 Å². The first-order valence-electron chi connectivity index (χ1n) is 7.09. The molecule has 0 spiro atoms. The molecule has 19 heavy (non-hydrogen) atoms. The first-order valence-corrected chi connectivity index (χ1v) is 7.53. The van der Waals surface area contributed by atoms with Crippen LogP contribution in [0, 0.1) is 11.8 Å². The highest BCUT2D eigenvalue weighted by atomic mass is 32.1. The number of nitrogens with one attached hydrogen (secondary N) is 1. The van der Waals surface area contributed by atoms with Crippen molar-refractivity contribution >= 4 is 12.6 Å². The Morgan fingerprint density at radius 2 is 2.11 bits per heavy atom. The zero-order valence-electron chi connectivity index (χ0n) is 12.8. The van der Waals surface area contributed by atoms with Crippen LogP contribution in [0.5, 0.6) is 0 Å². The van der Waals surface area contributed by atoms with E-state index in [1.54, 1.807) is 0 Å². The molecule has 2 heteroatoms. The summed E-state index contributed by atoms with van der Waals surface area (Å²) in [5.41, 5.74) is 1.29. The molecule has 0 saturated heterocycles. The van der Waals surface area contributed by atoms with Crippen molar-refractivity contribution in [1.82, 2.24) is 5.32 Å². The lowest BCUT2D eigenvalue weighted by atomic mass is 9.93. The van der Waals surface area contributed by atoms with Crippen molar-refractivity contribution in [3.63, 3.8) is 0 Å². The fourth-order valence-corrected chi connectivity index (χ4v) is 1.97. The third kappa shape index (κ3) is 10.7. The molecule has 0 rings (SSSR count). The maximum Gasteiger partial charge on any atom is 0.0577 e. The van der Waals surface area contributed by atoms with Crippen molar-refractivity contribution in [2.45, 2.75) is 40.5 Å². The molecule has 2 atom stereocenters.